The maximum Gasteiger partial charge on any atom is 0.230 e. The summed E-state index contributed by atoms with van der Waals surface area (Å²) in [5.74, 6) is 0.704. The number of hydrogen-bond donors (Lipinski definition) is 2. The molecule has 0 aromatic heterocycles. The van der Waals surface area contributed by atoms with Crippen LogP contribution in [0.25, 0.3) is 0 Å². The summed E-state index contributed by atoms with van der Waals surface area (Å²) >= 11 is 1.79. The topological polar surface area (TPSA) is 44.4 Å². The first-order chi connectivity index (χ1) is 10.1. The van der Waals surface area contributed by atoms with Crippen molar-refractivity contribution >= 4 is 23.4 Å². The van der Waals surface area contributed by atoms with Crippen molar-refractivity contribution in [2.24, 2.45) is 0 Å². The van der Waals surface area contributed by atoms with Crippen molar-refractivity contribution in [1.29, 1.82) is 0 Å². The predicted molar refractivity (Wildman–Crippen MR) is 91.0 cm³/mol. The van der Waals surface area contributed by atoms with Gasteiger partial charge in [0, 0.05) is 31.6 Å². The van der Waals surface area contributed by atoms with Crippen LogP contribution < -0.4 is 15.5 Å². The summed E-state index contributed by atoms with van der Waals surface area (Å²) in [6, 6.07) is 8.28. The van der Waals surface area contributed by atoms with Crippen molar-refractivity contribution < 1.29 is 4.79 Å². The normalized spacial score (nSPS) is 15.7. The van der Waals surface area contributed by atoms with Crippen LogP contribution in [0.4, 0.5) is 5.69 Å². The second-order valence-electron chi connectivity index (χ2n) is 5.60. The summed E-state index contributed by atoms with van der Waals surface area (Å²) in [6.45, 7) is 2.77. The Balaban J connectivity index is 1.68. The quantitative estimate of drug-likeness (QED) is 0.842. The number of hydrogen-bond acceptors (Lipinski definition) is 4. The molecule has 116 valence electrons. The lowest BCUT2D eigenvalue weighted by atomic mass is 10.2. The summed E-state index contributed by atoms with van der Waals surface area (Å²) in [4.78, 5) is 13.9. The summed E-state index contributed by atoms with van der Waals surface area (Å²) in [5, 5.41) is 6.98. The van der Waals surface area contributed by atoms with E-state index in [0.717, 1.165) is 18.7 Å². The van der Waals surface area contributed by atoms with Gasteiger partial charge in [-0.15, -0.1) is 11.8 Å². The molecule has 0 atom stereocenters. The van der Waals surface area contributed by atoms with Gasteiger partial charge in [-0.3, -0.25) is 4.79 Å². The number of rotatable bonds is 6. The zero-order valence-electron chi connectivity index (χ0n) is 12.9. The van der Waals surface area contributed by atoms with E-state index in [2.05, 4.69) is 39.8 Å². The maximum absolute atomic E-state index is 11.9. The minimum absolute atomic E-state index is 0.134. The van der Waals surface area contributed by atoms with Crippen molar-refractivity contribution in [2.45, 2.75) is 24.6 Å². The van der Waals surface area contributed by atoms with Gasteiger partial charge in [-0.2, -0.15) is 0 Å². The average Bonchev–Trinajstić information content (AvgIpc) is 2.52. The second kappa shape index (κ2) is 8.29. The van der Waals surface area contributed by atoms with E-state index in [0.29, 0.717) is 17.5 Å². The van der Waals surface area contributed by atoms with Gasteiger partial charge in [0.15, 0.2) is 0 Å². The molecule has 0 saturated carbocycles. The number of carbonyl (C=O) groups is 1. The minimum atomic E-state index is 0.134. The first kappa shape index (κ1) is 16.2. The van der Waals surface area contributed by atoms with E-state index >= 15 is 0 Å². The third-order valence-corrected chi connectivity index (χ3v) is 5.05. The van der Waals surface area contributed by atoms with Gasteiger partial charge >= 0.3 is 0 Å². The molecule has 1 aromatic carbocycles. The lowest BCUT2D eigenvalue weighted by molar-refractivity contribution is -0.118. The van der Waals surface area contributed by atoms with Gasteiger partial charge in [-0.25, -0.2) is 0 Å². The number of nitrogens with one attached hydrogen (secondary N) is 2. The molecule has 1 aromatic rings. The van der Waals surface area contributed by atoms with Gasteiger partial charge in [-0.1, -0.05) is 12.1 Å². The van der Waals surface area contributed by atoms with Gasteiger partial charge in [0.1, 0.15) is 0 Å². The monoisotopic (exact) mass is 307 g/mol. The van der Waals surface area contributed by atoms with E-state index in [9.17, 15) is 4.79 Å². The molecule has 1 aliphatic rings. The molecule has 0 unspecified atom stereocenters. The molecule has 5 heteroatoms. The Kier molecular flexibility index (Phi) is 6.39. The van der Waals surface area contributed by atoms with Crippen molar-refractivity contribution in [3.8, 4) is 0 Å². The molecule has 21 heavy (non-hydrogen) atoms. The van der Waals surface area contributed by atoms with E-state index in [1.54, 1.807) is 11.8 Å². The Hall–Kier alpha value is -1.20. The molecule has 1 amide bonds. The summed E-state index contributed by atoms with van der Waals surface area (Å²) in [6.07, 6.45) is 2.34. The fourth-order valence-corrected chi connectivity index (χ4v) is 3.38. The van der Waals surface area contributed by atoms with Crippen LogP contribution in [0, 0.1) is 0 Å². The SMILES string of the molecule is CN(C)c1ccc(CNC(=O)CSC2CCNCC2)cc1. The summed E-state index contributed by atoms with van der Waals surface area (Å²) < 4.78 is 0. The van der Waals surface area contributed by atoms with Crippen molar-refractivity contribution in [3.63, 3.8) is 0 Å². The maximum atomic E-state index is 11.9. The molecule has 0 spiro atoms. The standard InChI is InChI=1S/C16H25N3OS/c1-19(2)14-5-3-13(4-6-14)11-18-16(20)12-21-15-7-9-17-10-8-15/h3-6,15,17H,7-12H2,1-2H3,(H,18,20). The molecule has 1 fully saturated rings. The third-order valence-electron chi connectivity index (χ3n) is 3.68. The molecule has 0 bridgehead atoms. The molecule has 4 nitrogen and oxygen atoms in total. The Bertz CT molecular complexity index is 441. The second-order valence-corrected chi connectivity index (χ2v) is 6.89. The predicted octanol–water partition coefficient (Wildman–Crippen LogP) is 1.85. The highest BCUT2D eigenvalue weighted by atomic mass is 32.2. The van der Waals surface area contributed by atoms with E-state index in [1.165, 1.54) is 18.5 Å². The Morgan fingerprint density at radius 1 is 1.29 bits per heavy atom. The van der Waals surface area contributed by atoms with Crippen LogP contribution in [-0.2, 0) is 11.3 Å². The van der Waals surface area contributed by atoms with Crippen LogP contribution in [0.2, 0.25) is 0 Å². The highest BCUT2D eigenvalue weighted by Gasteiger charge is 2.14. The Morgan fingerprint density at radius 2 is 1.95 bits per heavy atom. The number of amides is 1. The van der Waals surface area contributed by atoms with Gasteiger partial charge in [-0.05, 0) is 43.6 Å². The molecular weight excluding hydrogens is 282 g/mol. The van der Waals surface area contributed by atoms with Gasteiger partial charge in [0.05, 0.1) is 5.75 Å². The fourth-order valence-electron chi connectivity index (χ4n) is 2.32. The molecular formula is C16H25N3OS. The number of carbonyl (C=O) groups excluding carboxylic acids is 1. The van der Waals surface area contributed by atoms with Crippen LogP contribution in [0.15, 0.2) is 24.3 Å². The number of benzene rings is 1. The first-order valence-electron chi connectivity index (χ1n) is 7.50. The number of nitrogens with zero attached hydrogens (tertiary/aromatic N) is 1. The van der Waals surface area contributed by atoms with Crippen LogP contribution in [0.5, 0.6) is 0 Å². The Morgan fingerprint density at radius 3 is 2.57 bits per heavy atom. The molecule has 2 rings (SSSR count). The third kappa shape index (κ3) is 5.59. The van der Waals surface area contributed by atoms with Crippen LogP contribution in [0.3, 0.4) is 0 Å². The molecule has 1 heterocycles. The highest BCUT2D eigenvalue weighted by molar-refractivity contribution is 8.00. The number of anilines is 1. The lowest BCUT2D eigenvalue weighted by Crippen LogP contribution is -2.31. The smallest absolute Gasteiger partial charge is 0.230 e. The van der Waals surface area contributed by atoms with E-state index in [-0.39, 0.29) is 5.91 Å². The molecule has 1 saturated heterocycles. The zero-order valence-corrected chi connectivity index (χ0v) is 13.7. The van der Waals surface area contributed by atoms with E-state index in [1.807, 2.05) is 14.1 Å². The molecule has 2 N–H and O–H groups in total. The van der Waals surface area contributed by atoms with Crippen molar-refractivity contribution in [1.82, 2.24) is 10.6 Å². The van der Waals surface area contributed by atoms with Crippen LogP contribution in [-0.4, -0.2) is 44.1 Å². The van der Waals surface area contributed by atoms with E-state index in [4.69, 9.17) is 0 Å². The minimum Gasteiger partial charge on any atom is -0.378 e. The fraction of sp³-hybridized carbons (Fsp3) is 0.562. The summed E-state index contributed by atoms with van der Waals surface area (Å²) in [7, 11) is 4.05. The zero-order chi connectivity index (χ0) is 15.1. The molecule has 0 radical (unpaired) electrons. The highest BCUT2D eigenvalue weighted by Crippen LogP contribution is 2.19. The first-order valence-corrected chi connectivity index (χ1v) is 8.55. The largest absolute Gasteiger partial charge is 0.378 e. The van der Waals surface area contributed by atoms with Crippen molar-refractivity contribution in [2.75, 3.05) is 37.8 Å². The Labute approximate surface area is 131 Å². The molecule has 0 aliphatic carbocycles. The summed E-state index contributed by atoms with van der Waals surface area (Å²) in [5.41, 5.74) is 2.31. The average molecular weight is 307 g/mol. The lowest BCUT2D eigenvalue weighted by Gasteiger charge is -2.21. The van der Waals surface area contributed by atoms with E-state index < -0.39 is 0 Å². The van der Waals surface area contributed by atoms with Crippen LogP contribution >= 0.6 is 11.8 Å². The van der Waals surface area contributed by atoms with Gasteiger partial charge in [0.2, 0.25) is 5.91 Å². The van der Waals surface area contributed by atoms with Crippen LogP contribution in [0.1, 0.15) is 18.4 Å². The van der Waals surface area contributed by atoms with Gasteiger partial charge in [0.25, 0.3) is 0 Å². The van der Waals surface area contributed by atoms with Gasteiger partial charge < -0.3 is 15.5 Å². The number of piperidine rings is 1. The molecule has 1 aliphatic heterocycles. The number of thioether (sulfide) groups is 1. The van der Waals surface area contributed by atoms with Crippen molar-refractivity contribution in [3.05, 3.63) is 29.8 Å².